The monoisotopic (exact) mass is 378 g/mol. The molecule has 150 valence electrons. The van der Waals surface area contributed by atoms with Crippen LogP contribution in [0.3, 0.4) is 0 Å². The van der Waals surface area contributed by atoms with E-state index in [-0.39, 0.29) is 18.3 Å². The lowest BCUT2D eigenvalue weighted by Crippen LogP contribution is -2.26. The van der Waals surface area contributed by atoms with Crippen LogP contribution in [0.2, 0.25) is 0 Å². The van der Waals surface area contributed by atoms with Gasteiger partial charge in [-0.3, -0.25) is 9.59 Å². The Kier molecular flexibility index (Phi) is 19.0. The molecular weight excluding hydrogens is 347 g/mol. The summed E-state index contributed by atoms with van der Waals surface area (Å²) >= 11 is 0. The molecule has 6 heteroatoms. The van der Waals surface area contributed by atoms with E-state index in [2.05, 4.69) is 10.6 Å². The number of nitrogens with one attached hydrogen (secondary N) is 2. The Morgan fingerprint density at radius 1 is 1.22 bits per heavy atom. The van der Waals surface area contributed by atoms with Gasteiger partial charge in [-0.2, -0.15) is 0 Å². The van der Waals surface area contributed by atoms with Gasteiger partial charge in [0.1, 0.15) is 5.83 Å². The summed E-state index contributed by atoms with van der Waals surface area (Å²) < 4.78 is 17.3. The number of benzene rings is 1. The molecule has 2 N–H and O–H groups in total. The number of amides is 2. The van der Waals surface area contributed by atoms with E-state index in [9.17, 15) is 14.0 Å². The normalized spacial score (nSPS) is 10.4. The summed E-state index contributed by atoms with van der Waals surface area (Å²) in [6, 6.07) is 7.44. The van der Waals surface area contributed by atoms with Crippen molar-refractivity contribution in [2.75, 3.05) is 18.5 Å². The standard InChI is InChI=1S/C10H12N2O2.C9H13FO.C2H6/c1-8-2-4-9(5-3-8)12-10(14)6-11-7-13;1-3-6-9(10)7-5-8-11-4-2;1-2/h2-5,7H,6H2,1H3,(H,11,13)(H,12,14);3,5-8H,4H2,1-2H3;1-2H3/b;6-3-,8-5+,9-7+;. The van der Waals surface area contributed by atoms with Crippen molar-refractivity contribution in [3.8, 4) is 0 Å². The van der Waals surface area contributed by atoms with Crippen molar-refractivity contribution in [3.05, 3.63) is 66.2 Å². The zero-order valence-corrected chi connectivity index (χ0v) is 16.8. The van der Waals surface area contributed by atoms with E-state index in [1.807, 2.05) is 52.0 Å². The van der Waals surface area contributed by atoms with Crippen molar-refractivity contribution < 1.29 is 18.7 Å². The number of carbonyl (C=O) groups is 2. The summed E-state index contributed by atoms with van der Waals surface area (Å²) in [5, 5.41) is 4.93. The molecule has 0 bridgehead atoms. The largest absolute Gasteiger partial charge is 0.501 e. The molecule has 0 heterocycles. The zero-order chi connectivity index (χ0) is 20.9. The molecule has 1 aromatic rings. The van der Waals surface area contributed by atoms with Crippen molar-refractivity contribution >= 4 is 18.0 Å². The molecule has 0 saturated carbocycles. The molecule has 0 aromatic heterocycles. The Morgan fingerprint density at radius 3 is 2.37 bits per heavy atom. The van der Waals surface area contributed by atoms with Crippen molar-refractivity contribution in [2.45, 2.75) is 34.6 Å². The van der Waals surface area contributed by atoms with Crippen LogP contribution >= 0.6 is 0 Å². The van der Waals surface area contributed by atoms with Gasteiger partial charge >= 0.3 is 0 Å². The van der Waals surface area contributed by atoms with Gasteiger partial charge in [-0.1, -0.05) is 37.6 Å². The quantitative estimate of drug-likeness (QED) is 0.392. The summed E-state index contributed by atoms with van der Waals surface area (Å²) in [6.07, 6.45) is 7.85. The number of allylic oxidation sites excluding steroid dienone is 5. The summed E-state index contributed by atoms with van der Waals surface area (Å²) in [7, 11) is 0. The fourth-order valence-electron chi connectivity index (χ4n) is 1.47. The first-order valence-corrected chi connectivity index (χ1v) is 8.83. The first-order chi connectivity index (χ1) is 13.0. The minimum absolute atomic E-state index is 0.00260. The van der Waals surface area contributed by atoms with Crippen LogP contribution in [0.25, 0.3) is 0 Å². The molecule has 1 rings (SSSR count). The molecule has 0 aliphatic rings. The van der Waals surface area contributed by atoms with Crippen molar-refractivity contribution in [1.29, 1.82) is 0 Å². The van der Waals surface area contributed by atoms with Crippen molar-refractivity contribution in [2.24, 2.45) is 0 Å². The molecule has 0 aliphatic carbocycles. The molecule has 0 fully saturated rings. The number of carbonyl (C=O) groups excluding carboxylic acids is 2. The van der Waals surface area contributed by atoms with Crippen LogP contribution in [0.1, 0.15) is 33.3 Å². The van der Waals surface area contributed by atoms with Gasteiger partial charge in [-0.05, 0) is 51.1 Å². The number of ether oxygens (including phenoxy) is 1. The van der Waals surface area contributed by atoms with E-state index in [1.165, 1.54) is 24.5 Å². The third kappa shape index (κ3) is 17.7. The Bertz CT molecular complexity index is 594. The number of hydrogen-bond acceptors (Lipinski definition) is 3. The molecule has 0 atom stereocenters. The van der Waals surface area contributed by atoms with Crippen LogP contribution in [-0.2, 0) is 14.3 Å². The van der Waals surface area contributed by atoms with Crippen LogP contribution in [0.15, 0.2) is 60.7 Å². The van der Waals surface area contributed by atoms with Gasteiger partial charge in [0.05, 0.1) is 19.4 Å². The van der Waals surface area contributed by atoms with Crippen LogP contribution in [-0.4, -0.2) is 25.5 Å². The van der Waals surface area contributed by atoms with Gasteiger partial charge < -0.3 is 15.4 Å². The molecule has 5 nitrogen and oxygen atoms in total. The van der Waals surface area contributed by atoms with Gasteiger partial charge in [0.2, 0.25) is 12.3 Å². The second-order valence-corrected chi connectivity index (χ2v) is 4.75. The Hall–Kier alpha value is -2.89. The SMILES string of the molecule is CC.C\C=C/C(F)=C\C=C\OCC.Cc1ccc(NC(=O)CNC=O)cc1. The molecule has 0 aliphatic heterocycles. The summed E-state index contributed by atoms with van der Waals surface area (Å²) in [5.41, 5.74) is 1.86. The predicted octanol–water partition coefficient (Wildman–Crippen LogP) is 4.67. The van der Waals surface area contributed by atoms with Crippen LogP contribution in [0.4, 0.5) is 10.1 Å². The molecule has 0 saturated heterocycles. The Morgan fingerprint density at radius 2 is 1.85 bits per heavy atom. The molecule has 0 unspecified atom stereocenters. The first kappa shape index (κ1) is 26.3. The second-order valence-electron chi connectivity index (χ2n) is 4.75. The minimum Gasteiger partial charge on any atom is -0.501 e. The fourth-order valence-corrected chi connectivity index (χ4v) is 1.47. The third-order valence-corrected chi connectivity index (χ3v) is 2.60. The highest BCUT2D eigenvalue weighted by atomic mass is 19.1. The predicted molar refractivity (Wildman–Crippen MR) is 110 cm³/mol. The lowest BCUT2D eigenvalue weighted by atomic mass is 10.2. The van der Waals surface area contributed by atoms with E-state index >= 15 is 0 Å². The molecule has 27 heavy (non-hydrogen) atoms. The molecule has 2 amide bonds. The number of anilines is 1. The summed E-state index contributed by atoms with van der Waals surface area (Å²) in [4.78, 5) is 21.0. The maximum absolute atomic E-state index is 12.5. The molecule has 0 spiro atoms. The number of rotatable bonds is 8. The molecule has 1 aromatic carbocycles. The average Bonchev–Trinajstić information content (AvgIpc) is 2.68. The first-order valence-electron chi connectivity index (χ1n) is 8.83. The summed E-state index contributed by atoms with van der Waals surface area (Å²) in [6.45, 7) is 10.2. The second kappa shape index (κ2) is 19.4. The van der Waals surface area contributed by atoms with Crippen LogP contribution < -0.4 is 10.6 Å². The van der Waals surface area contributed by atoms with E-state index in [0.29, 0.717) is 13.0 Å². The number of halogens is 1. The minimum atomic E-state index is -0.275. The van der Waals surface area contributed by atoms with Gasteiger partial charge in [0, 0.05) is 5.69 Å². The van der Waals surface area contributed by atoms with Crippen molar-refractivity contribution in [1.82, 2.24) is 5.32 Å². The third-order valence-electron chi connectivity index (χ3n) is 2.60. The summed E-state index contributed by atoms with van der Waals surface area (Å²) in [5.74, 6) is -0.510. The lowest BCUT2D eigenvalue weighted by Gasteiger charge is -2.04. The molecular formula is C21H31FN2O3. The smallest absolute Gasteiger partial charge is 0.243 e. The highest BCUT2D eigenvalue weighted by Crippen LogP contribution is 2.07. The van der Waals surface area contributed by atoms with Crippen molar-refractivity contribution in [3.63, 3.8) is 0 Å². The zero-order valence-electron chi connectivity index (χ0n) is 16.8. The maximum Gasteiger partial charge on any atom is 0.243 e. The average molecular weight is 378 g/mol. The Labute approximate surface area is 162 Å². The van der Waals surface area contributed by atoms with Crippen LogP contribution in [0.5, 0.6) is 0 Å². The topological polar surface area (TPSA) is 67.4 Å². The highest BCUT2D eigenvalue weighted by molar-refractivity contribution is 5.93. The van der Waals surface area contributed by atoms with E-state index in [4.69, 9.17) is 4.74 Å². The van der Waals surface area contributed by atoms with Gasteiger partial charge in [0.25, 0.3) is 0 Å². The highest BCUT2D eigenvalue weighted by Gasteiger charge is 1.99. The van der Waals surface area contributed by atoms with Crippen LogP contribution in [0, 0.1) is 6.92 Å². The Balaban J connectivity index is 0. The van der Waals surface area contributed by atoms with E-state index in [0.717, 1.165) is 11.3 Å². The van der Waals surface area contributed by atoms with Gasteiger partial charge in [0.15, 0.2) is 0 Å². The van der Waals surface area contributed by atoms with Gasteiger partial charge in [-0.15, -0.1) is 0 Å². The molecule has 0 radical (unpaired) electrons. The maximum atomic E-state index is 12.5. The number of hydrogen-bond donors (Lipinski definition) is 2. The lowest BCUT2D eigenvalue weighted by molar-refractivity contribution is -0.118. The van der Waals surface area contributed by atoms with E-state index in [1.54, 1.807) is 13.0 Å². The fraction of sp³-hybridized carbons (Fsp3) is 0.333. The number of aryl methyl sites for hydroxylation is 1. The van der Waals surface area contributed by atoms with Gasteiger partial charge in [-0.25, -0.2) is 4.39 Å². The van der Waals surface area contributed by atoms with E-state index < -0.39 is 0 Å².